The van der Waals surface area contributed by atoms with E-state index in [2.05, 4.69) is 33.0 Å². The molecule has 3 heteroatoms. The third-order valence-corrected chi connectivity index (χ3v) is 4.01. The minimum Gasteiger partial charge on any atom is -0.394 e. The van der Waals surface area contributed by atoms with Crippen LogP contribution in [0, 0.1) is 11.3 Å². The summed E-state index contributed by atoms with van der Waals surface area (Å²) >= 11 is 0. The van der Waals surface area contributed by atoms with Crippen molar-refractivity contribution in [3.63, 3.8) is 0 Å². The quantitative estimate of drug-likeness (QED) is 0.805. The Labute approximate surface area is 118 Å². The minimum absolute atomic E-state index is 0.0758. The van der Waals surface area contributed by atoms with Gasteiger partial charge in [-0.1, -0.05) is 47.0 Å². The minimum atomic E-state index is -0.337. The molecule has 1 aliphatic carbocycles. The lowest BCUT2D eigenvalue weighted by molar-refractivity contribution is -0.125. The summed E-state index contributed by atoms with van der Waals surface area (Å²) in [5.41, 5.74) is -0.0734. The summed E-state index contributed by atoms with van der Waals surface area (Å²) in [5, 5.41) is 12.7. The van der Waals surface area contributed by atoms with Crippen molar-refractivity contribution in [2.45, 2.75) is 78.2 Å². The van der Waals surface area contributed by atoms with Crippen molar-refractivity contribution >= 4 is 5.91 Å². The Bertz CT molecular complexity index is 288. The molecule has 0 saturated heterocycles. The molecule has 3 nitrogen and oxygen atoms in total. The van der Waals surface area contributed by atoms with Gasteiger partial charge in [0.05, 0.1) is 12.1 Å². The number of aliphatic hydroxyl groups excluding tert-OH is 1. The molecular weight excluding hydrogens is 238 g/mol. The number of amides is 1. The Kier molecular flexibility index (Phi) is 5.84. The van der Waals surface area contributed by atoms with Crippen molar-refractivity contribution in [2.24, 2.45) is 11.3 Å². The molecule has 0 aromatic heterocycles. The first kappa shape index (κ1) is 16.5. The van der Waals surface area contributed by atoms with E-state index in [-0.39, 0.29) is 23.5 Å². The fourth-order valence-corrected chi connectivity index (χ4v) is 3.33. The van der Waals surface area contributed by atoms with Crippen molar-refractivity contribution in [1.82, 2.24) is 5.32 Å². The second kappa shape index (κ2) is 6.74. The van der Waals surface area contributed by atoms with Crippen LogP contribution in [-0.2, 0) is 4.79 Å². The highest BCUT2D eigenvalue weighted by Crippen LogP contribution is 2.29. The molecule has 0 bridgehead atoms. The van der Waals surface area contributed by atoms with Crippen LogP contribution < -0.4 is 5.32 Å². The standard InChI is InChI=1S/C16H31NO2/c1-13(11-15(2,3)4)10-14(19)17-16(12-18)8-6-5-7-9-16/h13,18H,5-12H2,1-4H3,(H,17,19). The summed E-state index contributed by atoms with van der Waals surface area (Å²) in [6.45, 7) is 8.83. The van der Waals surface area contributed by atoms with Crippen LogP contribution in [0.3, 0.4) is 0 Å². The zero-order valence-corrected chi connectivity index (χ0v) is 13.1. The lowest BCUT2D eigenvalue weighted by atomic mass is 9.81. The summed E-state index contributed by atoms with van der Waals surface area (Å²) in [7, 11) is 0. The van der Waals surface area contributed by atoms with Crippen molar-refractivity contribution < 1.29 is 9.90 Å². The van der Waals surface area contributed by atoms with E-state index in [9.17, 15) is 9.90 Å². The average molecular weight is 269 g/mol. The number of nitrogens with one attached hydrogen (secondary N) is 1. The van der Waals surface area contributed by atoms with Gasteiger partial charge in [-0.3, -0.25) is 4.79 Å². The van der Waals surface area contributed by atoms with E-state index in [0.29, 0.717) is 12.3 Å². The smallest absolute Gasteiger partial charge is 0.220 e. The molecule has 1 rings (SSSR count). The fraction of sp³-hybridized carbons (Fsp3) is 0.938. The second-order valence-electron chi connectivity index (χ2n) is 7.62. The Morgan fingerprint density at radius 2 is 1.84 bits per heavy atom. The predicted molar refractivity (Wildman–Crippen MR) is 78.9 cm³/mol. The molecule has 0 spiro atoms. The molecule has 0 heterocycles. The van der Waals surface area contributed by atoms with Crippen LogP contribution in [0.25, 0.3) is 0 Å². The van der Waals surface area contributed by atoms with Crippen LogP contribution in [0.15, 0.2) is 0 Å². The molecule has 0 aromatic carbocycles. The zero-order valence-electron chi connectivity index (χ0n) is 13.1. The van der Waals surface area contributed by atoms with Gasteiger partial charge in [0, 0.05) is 6.42 Å². The molecule has 19 heavy (non-hydrogen) atoms. The van der Waals surface area contributed by atoms with Crippen LogP contribution in [-0.4, -0.2) is 23.2 Å². The zero-order chi connectivity index (χ0) is 14.5. The second-order valence-corrected chi connectivity index (χ2v) is 7.62. The van der Waals surface area contributed by atoms with Crippen molar-refractivity contribution in [1.29, 1.82) is 0 Å². The first-order chi connectivity index (χ1) is 8.76. The molecule has 1 fully saturated rings. The van der Waals surface area contributed by atoms with Crippen LogP contribution in [0.5, 0.6) is 0 Å². The molecule has 1 aliphatic rings. The maximum absolute atomic E-state index is 12.1. The molecule has 1 amide bonds. The number of rotatable bonds is 5. The van der Waals surface area contributed by atoms with Crippen LogP contribution in [0.4, 0.5) is 0 Å². The summed E-state index contributed by atoms with van der Waals surface area (Å²) in [6, 6.07) is 0. The van der Waals surface area contributed by atoms with E-state index in [0.717, 1.165) is 32.1 Å². The third-order valence-electron chi connectivity index (χ3n) is 4.01. The lowest BCUT2D eigenvalue weighted by Crippen LogP contribution is -2.52. The Morgan fingerprint density at radius 1 is 1.26 bits per heavy atom. The van der Waals surface area contributed by atoms with Crippen molar-refractivity contribution in [3.8, 4) is 0 Å². The molecule has 1 unspecified atom stereocenters. The number of aliphatic hydroxyl groups is 1. The fourth-order valence-electron chi connectivity index (χ4n) is 3.33. The highest BCUT2D eigenvalue weighted by Gasteiger charge is 2.33. The number of hydrogen-bond acceptors (Lipinski definition) is 2. The number of carbonyl (C=O) groups is 1. The van der Waals surface area contributed by atoms with Crippen LogP contribution in [0.1, 0.15) is 72.6 Å². The molecule has 0 aromatic rings. The highest BCUT2D eigenvalue weighted by atomic mass is 16.3. The topological polar surface area (TPSA) is 49.3 Å². The van der Waals surface area contributed by atoms with Gasteiger partial charge in [-0.25, -0.2) is 0 Å². The number of carbonyl (C=O) groups excluding carboxylic acids is 1. The predicted octanol–water partition coefficient (Wildman–Crippen LogP) is 3.26. The maximum atomic E-state index is 12.1. The first-order valence-electron chi connectivity index (χ1n) is 7.68. The maximum Gasteiger partial charge on any atom is 0.220 e. The van der Waals surface area contributed by atoms with Gasteiger partial charge in [0.25, 0.3) is 0 Å². The van der Waals surface area contributed by atoms with Crippen molar-refractivity contribution in [2.75, 3.05) is 6.61 Å². The average Bonchev–Trinajstić information content (AvgIpc) is 2.27. The molecule has 0 aliphatic heterocycles. The van der Waals surface area contributed by atoms with Gasteiger partial charge in [0.2, 0.25) is 5.91 Å². The SMILES string of the molecule is CC(CC(=O)NC1(CO)CCCCC1)CC(C)(C)C. The van der Waals surface area contributed by atoms with E-state index in [1.165, 1.54) is 6.42 Å². The van der Waals surface area contributed by atoms with Gasteiger partial charge in [-0.2, -0.15) is 0 Å². The summed E-state index contributed by atoms with van der Waals surface area (Å²) in [5.74, 6) is 0.493. The number of hydrogen-bond donors (Lipinski definition) is 2. The van der Waals surface area contributed by atoms with Crippen molar-refractivity contribution in [3.05, 3.63) is 0 Å². The molecule has 0 radical (unpaired) electrons. The van der Waals surface area contributed by atoms with Gasteiger partial charge in [-0.05, 0) is 30.6 Å². The third kappa shape index (κ3) is 5.94. The van der Waals surface area contributed by atoms with Crippen LogP contribution >= 0.6 is 0 Å². The van der Waals surface area contributed by atoms with Gasteiger partial charge < -0.3 is 10.4 Å². The molecule has 112 valence electrons. The van der Waals surface area contributed by atoms with E-state index in [4.69, 9.17) is 0 Å². The lowest BCUT2D eigenvalue weighted by Gasteiger charge is -2.37. The normalized spacial score (nSPS) is 20.9. The van der Waals surface area contributed by atoms with E-state index in [1.54, 1.807) is 0 Å². The largest absolute Gasteiger partial charge is 0.394 e. The first-order valence-corrected chi connectivity index (χ1v) is 7.68. The molecular formula is C16H31NO2. The van der Waals surface area contributed by atoms with Gasteiger partial charge >= 0.3 is 0 Å². The summed E-state index contributed by atoms with van der Waals surface area (Å²) in [4.78, 5) is 12.1. The van der Waals surface area contributed by atoms with E-state index >= 15 is 0 Å². The van der Waals surface area contributed by atoms with Gasteiger partial charge in [-0.15, -0.1) is 0 Å². The van der Waals surface area contributed by atoms with E-state index in [1.807, 2.05) is 0 Å². The van der Waals surface area contributed by atoms with Gasteiger partial charge in [0.15, 0.2) is 0 Å². The Hall–Kier alpha value is -0.570. The Morgan fingerprint density at radius 3 is 2.32 bits per heavy atom. The van der Waals surface area contributed by atoms with Gasteiger partial charge in [0.1, 0.15) is 0 Å². The summed E-state index contributed by atoms with van der Waals surface area (Å²) in [6.07, 6.45) is 6.90. The Balaban J connectivity index is 2.45. The monoisotopic (exact) mass is 269 g/mol. The molecule has 2 N–H and O–H groups in total. The highest BCUT2D eigenvalue weighted by molar-refractivity contribution is 5.77. The van der Waals surface area contributed by atoms with Crippen LogP contribution in [0.2, 0.25) is 0 Å². The molecule has 1 atom stereocenters. The van der Waals surface area contributed by atoms with E-state index < -0.39 is 0 Å². The summed E-state index contributed by atoms with van der Waals surface area (Å²) < 4.78 is 0. The molecule has 1 saturated carbocycles.